The number of anilines is 1. The first-order valence-electron chi connectivity index (χ1n) is 11.4. The second-order valence-electron chi connectivity index (χ2n) is 8.66. The lowest BCUT2D eigenvalue weighted by atomic mass is 9.91. The molecule has 1 aromatic carbocycles. The molecule has 0 atom stereocenters. The highest BCUT2D eigenvalue weighted by Crippen LogP contribution is 2.28. The molecule has 1 aliphatic rings. The van der Waals surface area contributed by atoms with Gasteiger partial charge in [0.25, 0.3) is 5.91 Å². The van der Waals surface area contributed by atoms with E-state index >= 15 is 0 Å². The summed E-state index contributed by atoms with van der Waals surface area (Å²) in [5, 5.41) is 3.09. The number of imidazole rings is 1. The zero-order chi connectivity index (χ0) is 24.2. The van der Waals surface area contributed by atoms with Crippen LogP contribution in [0.5, 0.6) is 5.75 Å². The normalized spacial score (nSPS) is 13.4. The van der Waals surface area contributed by atoms with E-state index in [9.17, 15) is 9.18 Å². The van der Waals surface area contributed by atoms with Crippen molar-refractivity contribution in [3.63, 3.8) is 0 Å². The Balaban J connectivity index is 1.64. The molecule has 1 aliphatic heterocycles. The molecule has 0 spiro atoms. The van der Waals surface area contributed by atoms with Gasteiger partial charge < -0.3 is 24.4 Å². The number of carbonyl (C=O) groups excluding carboxylic acids is 1. The van der Waals surface area contributed by atoms with E-state index in [1.165, 1.54) is 0 Å². The monoisotopic (exact) mass is 466 g/mol. The quantitative estimate of drug-likeness (QED) is 0.522. The number of fused-ring (bicyclic) bond motifs is 1. The van der Waals surface area contributed by atoms with Crippen LogP contribution in [-0.4, -0.2) is 64.5 Å². The van der Waals surface area contributed by atoms with Crippen molar-refractivity contribution in [2.24, 2.45) is 0 Å². The van der Waals surface area contributed by atoms with E-state index in [1.807, 2.05) is 38.0 Å². The highest BCUT2D eigenvalue weighted by atomic mass is 19.1. The first-order valence-corrected chi connectivity index (χ1v) is 11.4. The van der Waals surface area contributed by atoms with Crippen LogP contribution in [0.2, 0.25) is 0 Å². The van der Waals surface area contributed by atoms with Crippen LogP contribution >= 0.6 is 0 Å². The maximum atomic E-state index is 13.9. The lowest BCUT2D eigenvalue weighted by Gasteiger charge is -2.31. The molecule has 3 aromatic rings. The van der Waals surface area contributed by atoms with E-state index in [4.69, 9.17) is 4.74 Å². The third-order valence-corrected chi connectivity index (χ3v) is 5.86. The summed E-state index contributed by atoms with van der Waals surface area (Å²) in [4.78, 5) is 25.9. The van der Waals surface area contributed by atoms with E-state index in [-0.39, 0.29) is 11.7 Å². The zero-order valence-electron chi connectivity index (χ0n) is 20.1. The van der Waals surface area contributed by atoms with E-state index in [0.29, 0.717) is 31.9 Å². The first-order chi connectivity index (χ1) is 16.4. The number of hydrogen-bond donors (Lipinski definition) is 1. The molecule has 0 bridgehead atoms. The standard InChI is InChI=1S/C25H31FN6O2/c1-5-34-23-12-19(29-13-22(23)26)16-31-8-6-20-18(15-30(3)4)10-17(11-21(20)24(31)33)14-32-9-7-28-25(32)27-2/h7,9-13H,5-6,8,14-16H2,1-4H3,(H,27,28). The van der Waals surface area contributed by atoms with Crippen LogP contribution < -0.4 is 10.1 Å². The number of nitrogens with one attached hydrogen (secondary N) is 1. The number of halogens is 1. The molecule has 180 valence electrons. The molecule has 34 heavy (non-hydrogen) atoms. The van der Waals surface area contributed by atoms with Crippen LogP contribution in [0.25, 0.3) is 0 Å². The molecule has 2 aromatic heterocycles. The van der Waals surface area contributed by atoms with E-state index in [2.05, 4.69) is 26.3 Å². The molecule has 0 unspecified atom stereocenters. The molecule has 1 amide bonds. The van der Waals surface area contributed by atoms with Crippen molar-refractivity contribution in [1.29, 1.82) is 0 Å². The van der Waals surface area contributed by atoms with Gasteiger partial charge in [-0.05, 0) is 50.2 Å². The van der Waals surface area contributed by atoms with Gasteiger partial charge in [0.15, 0.2) is 11.6 Å². The van der Waals surface area contributed by atoms with Crippen molar-refractivity contribution < 1.29 is 13.9 Å². The van der Waals surface area contributed by atoms with Crippen LogP contribution in [0.4, 0.5) is 10.3 Å². The van der Waals surface area contributed by atoms with Crippen molar-refractivity contribution in [2.75, 3.05) is 39.6 Å². The van der Waals surface area contributed by atoms with Crippen LogP contribution in [0.15, 0.2) is 36.8 Å². The van der Waals surface area contributed by atoms with Gasteiger partial charge in [-0.2, -0.15) is 0 Å². The fourth-order valence-electron chi connectivity index (χ4n) is 4.40. The fourth-order valence-corrected chi connectivity index (χ4v) is 4.40. The van der Waals surface area contributed by atoms with Gasteiger partial charge in [-0.25, -0.2) is 9.37 Å². The Morgan fingerprint density at radius 2 is 2.03 bits per heavy atom. The predicted octanol–water partition coefficient (Wildman–Crippen LogP) is 3.17. The number of rotatable bonds is 9. The first kappa shape index (κ1) is 23.7. The number of amides is 1. The summed E-state index contributed by atoms with van der Waals surface area (Å²) in [6, 6.07) is 5.76. The van der Waals surface area contributed by atoms with Crippen LogP contribution in [0, 0.1) is 5.82 Å². The summed E-state index contributed by atoms with van der Waals surface area (Å²) >= 11 is 0. The molecule has 0 saturated heterocycles. The zero-order valence-corrected chi connectivity index (χ0v) is 20.1. The minimum Gasteiger partial charge on any atom is -0.491 e. The molecular formula is C25H31FN6O2. The van der Waals surface area contributed by atoms with Crippen molar-refractivity contribution in [2.45, 2.75) is 33.0 Å². The van der Waals surface area contributed by atoms with Crippen molar-refractivity contribution in [3.05, 3.63) is 70.6 Å². The number of nitrogens with zero attached hydrogens (tertiary/aromatic N) is 5. The third-order valence-electron chi connectivity index (χ3n) is 5.86. The highest BCUT2D eigenvalue weighted by molar-refractivity contribution is 5.97. The summed E-state index contributed by atoms with van der Waals surface area (Å²) in [6.45, 7) is 4.41. The van der Waals surface area contributed by atoms with Gasteiger partial charge in [0, 0.05) is 44.2 Å². The average molecular weight is 467 g/mol. The van der Waals surface area contributed by atoms with Gasteiger partial charge in [0.05, 0.1) is 31.6 Å². The maximum absolute atomic E-state index is 13.9. The van der Waals surface area contributed by atoms with Crippen molar-refractivity contribution >= 4 is 11.9 Å². The summed E-state index contributed by atoms with van der Waals surface area (Å²) in [5.41, 5.74) is 4.62. The molecule has 0 aliphatic carbocycles. The summed E-state index contributed by atoms with van der Waals surface area (Å²) in [5.74, 6) is 0.395. The van der Waals surface area contributed by atoms with E-state index in [1.54, 1.807) is 24.1 Å². The summed E-state index contributed by atoms with van der Waals surface area (Å²) in [7, 11) is 5.90. The minimum atomic E-state index is -0.501. The van der Waals surface area contributed by atoms with Crippen LogP contribution in [-0.2, 0) is 26.1 Å². The number of benzene rings is 1. The lowest BCUT2D eigenvalue weighted by Crippen LogP contribution is -2.38. The number of aromatic nitrogens is 3. The summed E-state index contributed by atoms with van der Waals surface area (Å²) < 4.78 is 21.3. The maximum Gasteiger partial charge on any atom is 0.254 e. The minimum absolute atomic E-state index is 0.0355. The Morgan fingerprint density at radius 1 is 1.21 bits per heavy atom. The second-order valence-corrected chi connectivity index (χ2v) is 8.66. The molecular weight excluding hydrogens is 435 g/mol. The fraction of sp³-hybridized carbons (Fsp3) is 0.400. The average Bonchev–Trinajstić information content (AvgIpc) is 3.25. The molecule has 0 fully saturated rings. The Hall–Kier alpha value is -3.46. The number of hydrogen-bond acceptors (Lipinski definition) is 6. The summed E-state index contributed by atoms with van der Waals surface area (Å²) in [6.07, 6.45) is 5.59. The van der Waals surface area contributed by atoms with Gasteiger partial charge in [0.1, 0.15) is 0 Å². The third kappa shape index (κ3) is 5.04. The smallest absolute Gasteiger partial charge is 0.254 e. The highest BCUT2D eigenvalue weighted by Gasteiger charge is 2.28. The van der Waals surface area contributed by atoms with Gasteiger partial charge in [-0.1, -0.05) is 6.07 Å². The van der Waals surface area contributed by atoms with E-state index < -0.39 is 5.82 Å². The Morgan fingerprint density at radius 3 is 2.76 bits per heavy atom. The molecule has 8 nitrogen and oxygen atoms in total. The Labute approximate surface area is 199 Å². The second kappa shape index (κ2) is 10.2. The van der Waals surface area contributed by atoms with Gasteiger partial charge in [-0.3, -0.25) is 9.78 Å². The van der Waals surface area contributed by atoms with E-state index in [0.717, 1.165) is 47.4 Å². The molecule has 4 rings (SSSR count). The molecule has 1 N–H and O–H groups in total. The topological polar surface area (TPSA) is 75.5 Å². The lowest BCUT2D eigenvalue weighted by molar-refractivity contribution is 0.0723. The van der Waals surface area contributed by atoms with Gasteiger partial charge in [-0.15, -0.1) is 0 Å². The van der Waals surface area contributed by atoms with Crippen molar-refractivity contribution in [3.8, 4) is 5.75 Å². The largest absolute Gasteiger partial charge is 0.491 e. The number of carbonyl (C=O) groups is 1. The van der Waals surface area contributed by atoms with Gasteiger partial charge >= 0.3 is 0 Å². The number of ether oxygens (including phenoxy) is 1. The molecule has 3 heterocycles. The molecule has 0 radical (unpaired) electrons. The Kier molecular flexibility index (Phi) is 7.12. The Bertz CT molecular complexity index is 1180. The SMILES string of the molecule is CCOc1cc(CN2CCc3c(CN(C)C)cc(Cn4ccnc4NC)cc3C2=O)ncc1F. The molecule has 0 saturated carbocycles. The van der Waals surface area contributed by atoms with Crippen molar-refractivity contribution in [1.82, 2.24) is 24.3 Å². The van der Waals surface area contributed by atoms with Gasteiger partial charge in [0.2, 0.25) is 5.95 Å². The van der Waals surface area contributed by atoms with Crippen LogP contribution in [0.3, 0.4) is 0 Å². The van der Waals surface area contributed by atoms with Crippen LogP contribution in [0.1, 0.15) is 39.7 Å². The number of pyridine rings is 1. The molecule has 9 heteroatoms. The predicted molar refractivity (Wildman–Crippen MR) is 129 cm³/mol.